The summed E-state index contributed by atoms with van der Waals surface area (Å²) in [6.45, 7) is 0. The first-order valence-electron chi connectivity index (χ1n) is 5.59. The van der Waals surface area contributed by atoms with Gasteiger partial charge in [-0.25, -0.2) is 0 Å². The maximum absolute atomic E-state index is 12.1. The maximum atomic E-state index is 12.1. The first-order chi connectivity index (χ1) is 9.39. The molecule has 0 N–H and O–H groups in total. The van der Waals surface area contributed by atoms with Crippen LogP contribution in [0.5, 0.6) is 5.75 Å². The predicted octanol–water partition coefficient (Wildman–Crippen LogP) is 5.80. The summed E-state index contributed by atoms with van der Waals surface area (Å²) in [5.41, 5.74) is 2.58. The van der Waals surface area contributed by atoms with Crippen LogP contribution in [0.1, 0.15) is 5.56 Å². The van der Waals surface area contributed by atoms with Crippen molar-refractivity contribution < 1.29 is 17.9 Å². The standard InChI is InChI=1S/C14H9BrClF3O/c15-8-11-7-10(3-6-13(11)16)9-1-4-12(5-2-9)20-14(17,18)19/h1-7H,8H2. The molecular formula is C14H9BrClF3O. The predicted molar refractivity (Wildman–Crippen MR) is 76.2 cm³/mol. The van der Waals surface area contributed by atoms with E-state index in [1.54, 1.807) is 18.2 Å². The Hall–Kier alpha value is -1.20. The first-order valence-corrected chi connectivity index (χ1v) is 7.09. The number of hydrogen-bond acceptors (Lipinski definition) is 1. The zero-order valence-electron chi connectivity index (χ0n) is 10.0. The molecule has 0 bridgehead atoms. The van der Waals surface area contributed by atoms with Crippen molar-refractivity contribution in [2.45, 2.75) is 11.7 Å². The Morgan fingerprint density at radius 3 is 2.15 bits per heavy atom. The van der Waals surface area contributed by atoms with Crippen molar-refractivity contribution in [3.05, 3.63) is 53.1 Å². The highest BCUT2D eigenvalue weighted by molar-refractivity contribution is 9.08. The van der Waals surface area contributed by atoms with Gasteiger partial charge in [0.05, 0.1) is 0 Å². The van der Waals surface area contributed by atoms with Crippen LogP contribution in [-0.4, -0.2) is 6.36 Å². The Morgan fingerprint density at radius 2 is 1.60 bits per heavy atom. The van der Waals surface area contributed by atoms with Crippen molar-refractivity contribution in [2.24, 2.45) is 0 Å². The number of ether oxygens (including phenoxy) is 1. The normalized spacial score (nSPS) is 11.4. The molecule has 0 atom stereocenters. The van der Waals surface area contributed by atoms with Crippen LogP contribution < -0.4 is 4.74 Å². The molecule has 1 nitrogen and oxygen atoms in total. The molecule has 0 heterocycles. The highest BCUT2D eigenvalue weighted by atomic mass is 79.9. The third-order valence-corrected chi connectivity index (χ3v) is 3.58. The fourth-order valence-electron chi connectivity index (χ4n) is 1.71. The summed E-state index contributed by atoms with van der Waals surface area (Å²) < 4.78 is 40.0. The van der Waals surface area contributed by atoms with E-state index in [0.29, 0.717) is 10.4 Å². The van der Waals surface area contributed by atoms with E-state index in [1.807, 2.05) is 12.1 Å². The Balaban J connectivity index is 2.26. The van der Waals surface area contributed by atoms with Gasteiger partial charge in [-0.3, -0.25) is 0 Å². The number of halogens is 5. The Kier molecular flexibility index (Phi) is 4.60. The van der Waals surface area contributed by atoms with Crippen LogP contribution in [-0.2, 0) is 5.33 Å². The van der Waals surface area contributed by atoms with E-state index < -0.39 is 6.36 Å². The molecule has 0 amide bonds. The van der Waals surface area contributed by atoms with E-state index in [1.165, 1.54) is 12.1 Å². The SMILES string of the molecule is FC(F)(F)Oc1ccc(-c2ccc(Cl)c(CBr)c2)cc1. The summed E-state index contributed by atoms with van der Waals surface area (Å²) in [5, 5.41) is 1.25. The molecule has 106 valence electrons. The molecule has 0 aliphatic carbocycles. The fraction of sp³-hybridized carbons (Fsp3) is 0.143. The van der Waals surface area contributed by atoms with Gasteiger partial charge >= 0.3 is 6.36 Å². The van der Waals surface area contributed by atoms with E-state index in [2.05, 4.69) is 20.7 Å². The monoisotopic (exact) mass is 364 g/mol. The molecule has 20 heavy (non-hydrogen) atoms. The quantitative estimate of drug-likeness (QED) is 0.625. The molecule has 0 radical (unpaired) electrons. The lowest BCUT2D eigenvalue weighted by atomic mass is 10.0. The first kappa shape index (κ1) is 15.2. The average molecular weight is 366 g/mol. The van der Waals surface area contributed by atoms with Gasteiger partial charge in [-0.2, -0.15) is 0 Å². The van der Waals surface area contributed by atoms with E-state index in [9.17, 15) is 13.2 Å². The smallest absolute Gasteiger partial charge is 0.406 e. The highest BCUT2D eigenvalue weighted by Gasteiger charge is 2.30. The molecule has 0 unspecified atom stereocenters. The van der Waals surface area contributed by atoms with Crippen LogP contribution >= 0.6 is 27.5 Å². The van der Waals surface area contributed by atoms with E-state index in [0.717, 1.165) is 16.7 Å². The molecule has 0 aliphatic heterocycles. The Morgan fingerprint density at radius 1 is 1.00 bits per heavy atom. The second-order valence-electron chi connectivity index (χ2n) is 4.01. The number of rotatable bonds is 3. The van der Waals surface area contributed by atoms with Crippen molar-refractivity contribution in [1.82, 2.24) is 0 Å². The van der Waals surface area contributed by atoms with Gasteiger partial charge < -0.3 is 4.74 Å². The van der Waals surface area contributed by atoms with Gasteiger partial charge in [0.15, 0.2) is 0 Å². The van der Waals surface area contributed by atoms with Crippen molar-refractivity contribution in [2.75, 3.05) is 0 Å². The lowest BCUT2D eigenvalue weighted by Gasteiger charge is -2.10. The topological polar surface area (TPSA) is 9.23 Å². The van der Waals surface area contributed by atoms with Gasteiger partial charge in [-0.05, 0) is 41.0 Å². The summed E-state index contributed by atoms with van der Waals surface area (Å²) in [6, 6.07) is 11.2. The molecular weight excluding hydrogens is 357 g/mol. The summed E-state index contributed by atoms with van der Waals surface area (Å²) in [4.78, 5) is 0. The molecule has 2 rings (SSSR count). The van der Waals surface area contributed by atoms with E-state index in [-0.39, 0.29) is 5.75 Å². The molecule has 0 aliphatic rings. The third-order valence-electron chi connectivity index (χ3n) is 2.61. The summed E-state index contributed by atoms with van der Waals surface area (Å²) in [7, 11) is 0. The van der Waals surface area contributed by atoms with Crippen LogP contribution in [0.15, 0.2) is 42.5 Å². The van der Waals surface area contributed by atoms with Crippen molar-refractivity contribution in [3.8, 4) is 16.9 Å². The summed E-state index contributed by atoms with van der Waals surface area (Å²) in [6.07, 6.45) is -4.68. The minimum atomic E-state index is -4.68. The Labute approximate surface area is 127 Å². The van der Waals surface area contributed by atoms with Crippen LogP contribution in [0.25, 0.3) is 11.1 Å². The summed E-state index contributed by atoms with van der Waals surface area (Å²) >= 11 is 9.34. The van der Waals surface area contributed by atoms with Crippen molar-refractivity contribution >= 4 is 27.5 Å². The molecule has 0 saturated carbocycles. The highest BCUT2D eigenvalue weighted by Crippen LogP contribution is 2.29. The lowest BCUT2D eigenvalue weighted by Crippen LogP contribution is -2.16. The van der Waals surface area contributed by atoms with Gasteiger partial charge in [0, 0.05) is 10.4 Å². The Bertz CT molecular complexity index is 596. The molecule has 0 saturated heterocycles. The summed E-state index contributed by atoms with van der Waals surface area (Å²) in [5.74, 6) is -0.240. The molecule has 0 fully saturated rings. The lowest BCUT2D eigenvalue weighted by molar-refractivity contribution is -0.274. The van der Waals surface area contributed by atoms with Crippen molar-refractivity contribution in [1.29, 1.82) is 0 Å². The number of benzene rings is 2. The van der Waals surface area contributed by atoms with Crippen molar-refractivity contribution in [3.63, 3.8) is 0 Å². The van der Waals surface area contributed by atoms with Gasteiger partial charge in [-0.15, -0.1) is 13.2 Å². The minimum Gasteiger partial charge on any atom is -0.406 e. The maximum Gasteiger partial charge on any atom is 0.573 e. The number of hydrogen-bond donors (Lipinski definition) is 0. The van der Waals surface area contributed by atoms with E-state index in [4.69, 9.17) is 11.6 Å². The third kappa shape index (κ3) is 3.90. The van der Waals surface area contributed by atoms with Gasteiger partial charge in [0.1, 0.15) is 5.75 Å². The molecule has 0 aromatic heterocycles. The zero-order chi connectivity index (χ0) is 14.8. The molecule has 2 aromatic rings. The molecule has 2 aromatic carbocycles. The van der Waals surface area contributed by atoms with Crippen LogP contribution in [0.4, 0.5) is 13.2 Å². The fourth-order valence-corrected chi connectivity index (χ4v) is 2.52. The minimum absolute atomic E-state index is 0.240. The van der Waals surface area contributed by atoms with E-state index >= 15 is 0 Å². The van der Waals surface area contributed by atoms with Gasteiger partial charge in [0.25, 0.3) is 0 Å². The van der Waals surface area contributed by atoms with Crippen LogP contribution in [0, 0.1) is 0 Å². The van der Waals surface area contributed by atoms with Crippen LogP contribution in [0.2, 0.25) is 5.02 Å². The largest absolute Gasteiger partial charge is 0.573 e. The number of alkyl halides is 4. The van der Waals surface area contributed by atoms with Crippen LogP contribution in [0.3, 0.4) is 0 Å². The molecule has 6 heteroatoms. The van der Waals surface area contributed by atoms with Gasteiger partial charge in [0.2, 0.25) is 0 Å². The average Bonchev–Trinajstić information content (AvgIpc) is 2.38. The second kappa shape index (κ2) is 6.06. The second-order valence-corrected chi connectivity index (χ2v) is 4.98. The van der Waals surface area contributed by atoms with Gasteiger partial charge in [-0.1, -0.05) is 45.7 Å². The zero-order valence-corrected chi connectivity index (χ0v) is 12.4. The molecule has 0 spiro atoms.